The predicted molar refractivity (Wildman–Crippen MR) is 71.3 cm³/mol. The molecule has 0 radical (unpaired) electrons. The lowest BCUT2D eigenvalue weighted by Crippen LogP contribution is -2.51. The van der Waals surface area contributed by atoms with Crippen molar-refractivity contribution in [2.24, 2.45) is 0 Å². The highest BCUT2D eigenvalue weighted by Gasteiger charge is 2.32. The maximum Gasteiger partial charge on any atom is 0.0957 e. The number of aliphatic hydroxyl groups is 1. The molecule has 0 aromatic heterocycles. The van der Waals surface area contributed by atoms with Crippen molar-refractivity contribution in [3.63, 3.8) is 0 Å². The third-order valence-electron chi connectivity index (χ3n) is 3.50. The van der Waals surface area contributed by atoms with Gasteiger partial charge in [0, 0.05) is 22.2 Å². The van der Waals surface area contributed by atoms with Crippen molar-refractivity contribution < 1.29 is 5.11 Å². The van der Waals surface area contributed by atoms with Crippen LogP contribution in [-0.4, -0.2) is 16.7 Å². The second-order valence-corrected chi connectivity index (χ2v) is 5.90. The Kier molecular flexibility index (Phi) is 3.76. The first-order valence-electron chi connectivity index (χ1n) is 6.20. The van der Waals surface area contributed by atoms with E-state index < -0.39 is 6.10 Å². The highest BCUT2D eigenvalue weighted by atomic mass is 35.5. The molecule has 1 unspecified atom stereocenters. The number of rotatable bonds is 2. The van der Waals surface area contributed by atoms with E-state index in [-0.39, 0.29) is 11.6 Å². The zero-order valence-electron chi connectivity index (χ0n) is 10.4. The average Bonchev–Trinajstić information content (AvgIpc) is 2.27. The maximum absolute atomic E-state index is 10.4. The Morgan fingerprint density at radius 3 is 2.76 bits per heavy atom. The van der Waals surface area contributed by atoms with E-state index in [0.717, 1.165) is 24.8 Å². The molecule has 17 heavy (non-hydrogen) atoms. The van der Waals surface area contributed by atoms with Crippen LogP contribution >= 0.6 is 11.6 Å². The van der Waals surface area contributed by atoms with Crippen LogP contribution in [0.4, 0.5) is 0 Å². The first-order chi connectivity index (χ1) is 7.99. The van der Waals surface area contributed by atoms with Gasteiger partial charge >= 0.3 is 0 Å². The van der Waals surface area contributed by atoms with Crippen molar-refractivity contribution in [3.05, 3.63) is 34.9 Å². The summed E-state index contributed by atoms with van der Waals surface area (Å²) in [5, 5.41) is 14.6. The van der Waals surface area contributed by atoms with Crippen molar-refractivity contribution in [1.29, 1.82) is 0 Å². The number of hydrogen-bond acceptors (Lipinski definition) is 2. The molecule has 0 saturated carbocycles. The summed E-state index contributed by atoms with van der Waals surface area (Å²) in [6, 6.07) is 7.62. The molecule has 1 fully saturated rings. The SMILES string of the molecule is CC1(C)CCCC([C@H](O)c2ccccc2Cl)N1. The molecule has 1 aromatic rings. The van der Waals surface area contributed by atoms with Crippen molar-refractivity contribution >= 4 is 11.6 Å². The Labute approximate surface area is 108 Å². The molecule has 1 heterocycles. The average molecular weight is 254 g/mol. The van der Waals surface area contributed by atoms with E-state index >= 15 is 0 Å². The fraction of sp³-hybridized carbons (Fsp3) is 0.571. The number of benzene rings is 1. The molecular formula is C14H20ClNO. The monoisotopic (exact) mass is 253 g/mol. The van der Waals surface area contributed by atoms with Gasteiger partial charge in [-0.3, -0.25) is 0 Å². The van der Waals surface area contributed by atoms with Crippen LogP contribution in [0.15, 0.2) is 24.3 Å². The molecule has 94 valence electrons. The molecule has 0 bridgehead atoms. The van der Waals surface area contributed by atoms with Gasteiger partial charge in [-0.15, -0.1) is 0 Å². The van der Waals surface area contributed by atoms with Gasteiger partial charge in [-0.1, -0.05) is 29.8 Å². The van der Waals surface area contributed by atoms with Gasteiger partial charge in [0.05, 0.1) is 6.10 Å². The molecule has 0 amide bonds. The quantitative estimate of drug-likeness (QED) is 0.848. The lowest BCUT2D eigenvalue weighted by Gasteiger charge is -2.39. The smallest absolute Gasteiger partial charge is 0.0957 e. The molecule has 1 aliphatic rings. The number of halogens is 1. The van der Waals surface area contributed by atoms with Crippen molar-refractivity contribution in [1.82, 2.24) is 5.32 Å². The Morgan fingerprint density at radius 1 is 1.41 bits per heavy atom. The zero-order chi connectivity index (χ0) is 12.5. The number of hydrogen-bond donors (Lipinski definition) is 2. The van der Waals surface area contributed by atoms with E-state index in [9.17, 15) is 5.11 Å². The van der Waals surface area contributed by atoms with E-state index in [2.05, 4.69) is 19.2 Å². The summed E-state index contributed by atoms with van der Waals surface area (Å²) in [6.45, 7) is 4.36. The van der Waals surface area contributed by atoms with Crippen molar-refractivity contribution in [3.8, 4) is 0 Å². The molecule has 1 aromatic carbocycles. The van der Waals surface area contributed by atoms with Gasteiger partial charge in [0.2, 0.25) is 0 Å². The summed E-state index contributed by atoms with van der Waals surface area (Å²) in [6.07, 6.45) is 2.77. The van der Waals surface area contributed by atoms with Crippen LogP contribution in [-0.2, 0) is 0 Å². The zero-order valence-corrected chi connectivity index (χ0v) is 11.2. The van der Waals surface area contributed by atoms with E-state index in [1.165, 1.54) is 0 Å². The van der Waals surface area contributed by atoms with Crippen molar-refractivity contribution in [2.45, 2.75) is 50.8 Å². The summed E-state index contributed by atoms with van der Waals surface area (Å²) in [7, 11) is 0. The van der Waals surface area contributed by atoms with Gasteiger partial charge < -0.3 is 10.4 Å². The van der Waals surface area contributed by atoms with Crippen LogP contribution in [0.3, 0.4) is 0 Å². The van der Waals surface area contributed by atoms with E-state index in [4.69, 9.17) is 11.6 Å². The second kappa shape index (κ2) is 4.97. The first-order valence-corrected chi connectivity index (χ1v) is 6.57. The van der Waals surface area contributed by atoms with Gasteiger partial charge in [-0.2, -0.15) is 0 Å². The van der Waals surface area contributed by atoms with Gasteiger partial charge in [-0.05, 0) is 39.2 Å². The Bertz CT molecular complexity index is 392. The summed E-state index contributed by atoms with van der Waals surface area (Å²) in [4.78, 5) is 0. The largest absolute Gasteiger partial charge is 0.387 e. The van der Waals surface area contributed by atoms with E-state index in [1.54, 1.807) is 0 Å². The van der Waals surface area contributed by atoms with Crippen molar-refractivity contribution in [2.75, 3.05) is 0 Å². The predicted octanol–water partition coefficient (Wildman–Crippen LogP) is 3.29. The molecule has 2 rings (SSSR count). The second-order valence-electron chi connectivity index (χ2n) is 5.49. The molecule has 3 heteroatoms. The normalized spacial score (nSPS) is 25.5. The minimum atomic E-state index is -0.525. The number of nitrogens with one attached hydrogen (secondary N) is 1. The molecular weight excluding hydrogens is 234 g/mol. The third-order valence-corrected chi connectivity index (χ3v) is 3.84. The van der Waals surface area contributed by atoms with E-state index in [1.807, 2.05) is 24.3 Å². The van der Waals surface area contributed by atoms with Gasteiger partial charge in [0.1, 0.15) is 0 Å². The van der Waals surface area contributed by atoms with Gasteiger partial charge in [-0.25, -0.2) is 0 Å². The molecule has 0 aliphatic carbocycles. The van der Waals surface area contributed by atoms with Crippen LogP contribution < -0.4 is 5.32 Å². The lowest BCUT2D eigenvalue weighted by atomic mass is 9.85. The van der Waals surface area contributed by atoms with Crippen LogP contribution in [0.25, 0.3) is 0 Å². The molecule has 0 spiro atoms. The summed E-state index contributed by atoms with van der Waals surface area (Å²) >= 11 is 6.12. The molecule has 2 nitrogen and oxygen atoms in total. The number of aliphatic hydroxyl groups excluding tert-OH is 1. The standard InChI is InChI=1S/C14H20ClNO/c1-14(2)9-5-8-12(16-14)13(17)10-6-3-4-7-11(10)15/h3-4,6-7,12-13,16-17H,5,8-9H2,1-2H3/t12?,13-/m1/s1. The van der Waals surface area contributed by atoms with Crippen LogP contribution in [0, 0.1) is 0 Å². The third kappa shape index (κ3) is 3.01. The minimum absolute atomic E-state index is 0.0960. The highest BCUT2D eigenvalue weighted by Crippen LogP contribution is 2.31. The van der Waals surface area contributed by atoms with Gasteiger partial charge in [0.15, 0.2) is 0 Å². The minimum Gasteiger partial charge on any atom is -0.387 e. The van der Waals surface area contributed by atoms with Crippen LogP contribution in [0.2, 0.25) is 5.02 Å². The van der Waals surface area contributed by atoms with E-state index in [0.29, 0.717) is 5.02 Å². The summed E-state index contributed by atoms with van der Waals surface area (Å²) in [5.41, 5.74) is 0.926. The number of piperidine rings is 1. The first kappa shape index (κ1) is 12.9. The molecule has 1 saturated heterocycles. The summed E-state index contributed by atoms with van der Waals surface area (Å²) in [5.74, 6) is 0. The summed E-state index contributed by atoms with van der Waals surface area (Å²) < 4.78 is 0. The molecule has 2 N–H and O–H groups in total. The Balaban J connectivity index is 2.15. The molecule has 1 aliphatic heterocycles. The maximum atomic E-state index is 10.4. The van der Waals surface area contributed by atoms with Crippen LogP contribution in [0.5, 0.6) is 0 Å². The topological polar surface area (TPSA) is 32.3 Å². The Morgan fingerprint density at radius 2 is 2.12 bits per heavy atom. The molecule has 2 atom stereocenters. The fourth-order valence-corrected chi connectivity index (χ4v) is 2.83. The fourth-order valence-electron chi connectivity index (χ4n) is 2.58. The van der Waals surface area contributed by atoms with Gasteiger partial charge in [0.25, 0.3) is 0 Å². The van der Waals surface area contributed by atoms with Crippen LogP contribution in [0.1, 0.15) is 44.8 Å². The highest BCUT2D eigenvalue weighted by molar-refractivity contribution is 6.31. The Hall–Kier alpha value is -0.570. The lowest BCUT2D eigenvalue weighted by molar-refractivity contribution is 0.0845.